The maximum atomic E-state index is 13.2. The molecular weight excluding hydrogens is 460 g/mol. The van der Waals surface area contributed by atoms with Crippen molar-refractivity contribution in [2.24, 2.45) is 11.8 Å². The van der Waals surface area contributed by atoms with Crippen molar-refractivity contribution in [2.45, 2.75) is 71.5 Å². The lowest BCUT2D eigenvalue weighted by Crippen LogP contribution is -2.34. The van der Waals surface area contributed by atoms with Crippen LogP contribution in [0.5, 0.6) is 0 Å². The minimum absolute atomic E-state index is 0.0828. The lowest BCUT2D eigenvalue weighted by molar-refractivity contribution is -0.166. The van der Waals surface area contributed by atoms with Gasteiger partial charge in [-0.3, -0.25) is 9.59 Å². The Bertz CT molecular complexity index is 1420. The Kier molecular flexibility index (Phi) is 6.94. The number of carbonyl (C=O) groups is 2. The van der Waals surface area contributed by atoms with Gasteiger partial charge in [0.2, 0.25) is 0 Å². The Labute approximate surface area is 218 Å². The minimum Gasteiger partial charge on any atom is -0.462 e. The second-order valence-corrected chi connectivity index (χ2v) is 11.0. The van der Waals surface area contributed by atoms with E-state index in [1.165, 1.54) is 32.3 Å². The van der Waals surface area contributed by atoms with Gasteiger partial charge in [0, 0.05) is 0 Å². The molecule has 0 radical (unpaired) electrons. The van der Waals surface area contributed by atoms with E-state index in [2.05, 4.69) is 66.7 Å². The lowest BCUT2D eigenvalue weighted by Gasteiger charge is -2.32. The summed E-state index contributed by atoms with van der Waals surface area (Å²) in [7, 11) is 0. The van der Waals surface area contributed by atoms with Gasteiger partial charge in [-0.1, -0.05) is 74.5 Å². The number of hydrogen-bond acceptors (Lipinski definition) is 4. The summed E-state index contributed by atoms with van der Waals surface area (Å²) in [6.07, 6.45) is 3.45. The fourth-order valence-corrected chi connectivity index (χ4v) is 5.54. The molecule has 0 heterocycles. The molecule has 1 atom stereocenters. The smallest absolute Gasteiger partial charge is 0.309 e. The van der Waals surface area contributed by atoms with Crippen LogP contribution in [0.3, 0.4) is 0 Å². The number of hydrogen-bond donors (Lipinski definition) is 0. The van der Waals surface area contributed by atoms with Crippen molar-refractivity contribution in [1.29, 1.82) is 0 Å². The first-order valence-corrected chi connectivity index (χ1v) is 13.6. The van der Waals surface area contributed by atoms with Gasteiger partial charge in [0.15, 0.2) is 0 Å². The summed E-state index contributed by atoms with van der Waals surface area (Å²) in [4.78, 5) is 25.3. The zero-order valence-corrected chi connectivity index (χ0v) is 22.3. The third-order valence-corrected chi connectivity index (χ3v) is 8.10. The van der Waals surface area contributed by atoms with Gasteiger partial charge in [-0.2, -0.15) is 0 Å². The molecule has 0 spiro atoms. The molecule has 0 bridgehead atoms. The summed E-state index contributed by atoms with van der Waals surface area (Å²) in [5.41, 5.74) is 0.211. The minimum atomic E-state index is -0.766. The van der Waals surface area contributed by atoms with Crippen molar-refractivity contribution < 1.29 is 19.1 Å². The maximum absolute atomic E-state index is 13.2. The first-order valence-electron chi connectivity index (χ1n) is 13.6. The van der Waals surface area contributed by atoms with Crippen LogP contribution in [0.1, 0.15) is 65.4 Å². The Morgan fingerprint density at radius 1 is 0.811 bits per heavy atom. The van der Waals surface area contributed by atoms with Crippen LogP contribution in [0, 0.1) is 11.8 Å². The molecule has 0 N–H and O–H groups in total. The first-order chi connectivity index (χ1) is 17.8. The van der Waals surface area contributed by atoms with E-state index in [0.29, 0.717) is 25.7 Å². The second-order valence-electron chi connectivity index (χ2n) is 11.0. The van der Waals surface area contributed by atoms with E-state index in [1.54, 1.807) is 0 Å². The van der Waals surface area contributed by atoms with E-state index in [4.69, 9.17) is 9.47 Å². The summed E-state index contributed by atoms with van der Waals surface area (Å²) >= 11 is 0. The van der Waals surface area contributed by atoms with Gasteiger partial charge >= 0.3 is 11.9 Å². The van der Waals surface area contributed by atoms with Crippen LogP contribution in [0.15, 0.2) is 66.7 Å². The molecule has 37 heavy (non-hydrogen) atoms. The third kappa shape index (κ3) is 4.94. The molecule has 0 aromatic heterocycles. The highest BCUT2D eigenvalue weighted by Gasteiger charge is 2.34. The first kappa shape index (κ1) is 25.3. The van der Waals surface area contributed by atoms with Gasteiger partial charge < -0.3 is 9.47 Å². The van der Waals surface area contributed by atoms with Crippen molar-refractivity contribution in [2.75, 3.05) is 0 Å². The Morgan fingerprint density at radius 2 is 1.32 bits per heavy atom. The molecule has 0 aliphatic heterocycles. The van der Waals surface area contributed by atoms with E-state index in [9.17, 15) is 9.59 Å². The molecule has 4 nitrogen and oxygen atoms in total. The summed E-state index contributed by atoms with van der Waals surface area (Å²) in [6, 6.07) is 23.4. The van der Waals surface area contributed by atoms with Gasteiger partial charge in [0.25, 0.3) is 0 Å². The predicted molar refractivity (Wildman–Crippen MR) is 149 cm³/mol. The van der Waals surface area contributed by atoms with E-state index in [-0.39, 0.29) is 29.9 Å². The molecule has 4 aromatic carbocycles. The molecule has 0 amide bonds. The van der Waals surface area contributed by atoms with Crippen LogP contribution in [0.25, 0.3) is 32.3 Å². The Morgan fingerprint density at radius 3 is 1.86 bits per heavy atom. The van der Waals surface area contributed by atoms with Crippen LogP contribution in [-0.2, 0) is 24.7 Å². The van der Waals surface area contributed by atoms with Gasteiger partial charge in [-0.25, -0.2) is 0 Å². The third-order valence-electron chi connectivity index (χ3n) is 8.10. The molecule has 0 saturated heterocycles. The van der Waals surface area contributed by atoms with Crippen LogP contribution < -0.4 is 0 Å². The van der Waals surface area contributed by atoms with E-state index >= 15 is 0 Å². The van der Waals surface area contributed by atoms with E-state index < -0.39 is 5.60 Å². The molecule has 1 fully saturated rings. The van der Waals surface area contributed by atoms with E-state index in [1.807, 2.05) is 27.7 Å². The summed E-state index contributed by atoms with van der Waals surface area (Å²) < 4.78 is 11.8. The number of ether oxygens (including phenoxy) is 2. The highest BCUT2D eigenvalue weighted by atomic mass is 16.6. The normalized spacial score (nSPS) is 19.1. The van der Waals surface area contributed by atoms with Gasteiger partial charge in [0.05, 0.1) is 11.8 Å². The molecule has 1 aliphatic carbocycles. The molecule has 4 aromatic rings. The Hall–Kier alpha value is -3.40. The Balaban J connectivity index is 1.35. The van der Waals surface area contributed by atoms with Crippen molar-refractivity contribution >= 4 is 44.3 Å². The molecule has 4 heteroatoms. The summed E-state index contributed by atoms with van der Waals surface area (Å²) in [5.74, 6) is -0.546. The van der Waals surface area contributed by atoms with Gasteiger partial charge in [0.1, 0.15) is 11.7 Å². The summed E-state index contributed by atoms with van der Waals surface area (Å²) in [5, 5.41) is 7.26. The average molecular weight is 497 g/mol. The summed E-state index contributed by atoms with van der Waals surface area (Å²) in [6.45, 7) is 7.82. The topological polar surface area (TPSA) is 52.6 Å². The monoisotopic (exact) mass is 496 g/mol. The number of carbonyl (C=O) groups excluding carboxylic acids is 2. The van der Waals surface area contributed by atoms with Crippen LogP contribution in [0.2, 0.25) is 0 Å². The quantitative estimate of drug-likeness (QED) is 0.200. The SMILES string of the molecule is CCC(C)C(=O)OC1CCC(C(=O)OC(C)(C)c2ccc3c4ccccc4c4ccccc4c3c2)CC1. The maximum Gasteiger partial charge on any atom is 0.309 e. The van der Waals surface area contributed by atoms with Crippen LogP contribution in [0.4, 0.5) is 0 Å². The van der Waals surface area contributed by atoms with Crippen molar-refractivity contribution in [3.63, 3.8) is 0 Å². The zero-order valence-electron chi connectivity index (χ0n) is 22.3. The van der Waals surface area contributed by atoms with Gasteiger partial charge in [-0.05, 0) is 89.9 Å². The van der Waals surface area contributed by atoms with Crippen LogP contribution in [-0.4, -0.2) is 18.0 Å². The highest BCUT2D eigenvalue weighted by molar-refractivity contribution is 6.25. The van der Waals surface area contributed by atoms with Crippen LogP contribution >= 0.6 is 0 Å². The fourth-order valence-electron chi connectivity index (χ4n) is 5.54. The van der Waals surface area contributed by atoms with Crippen molar-refractivity contribution in [3.05, 3.63) is 72.3 Å². The van der Waals surface area contributed by atoms with Gasteiger partial charge in [-0.15, -0.1) is 0 Å². The number of esters is 2. The number of benzene rings is 4. The second kappa shape index (κ2) is 10.2. The predicted octanol–water partition coefficient (Wildman–Crippen LogP) is 8.07. The molecular formula is C33H36O4. The largest absolute Gasteiger partial charge is 0.462 e. The fraction of sp³-hybridized carbons (Fsp3) is 0.394. The molecule has 1 unspecified atom stereocenters. The standard InChI is InChI=1S/C33H36O4/c1-5-21(2)31(34)36-24-17-14-22(15-18-24)32(35)37-33(3,4)23-16-19-29-27-12-7-6-10-25(27)26-11-8-9-13-28(26)30(29)20-23/h6-13,16,19-22,24H,5,14-15,17-18H2,1-4H3. The number of fused-ring (bicyclic) bond motifs is 6. The molecule has 1 saturated carbocycles. The average Bonchev–Trinajstić information content (AvgIpc) is 2.92. The lowest BCUT2D eigenvalue weighted by atomic mass is 9.86. The molecule has 192 valence electrons. The van der Waals surface area contributed by atoms with Crippen molar-refractivity contribution in [1.82, 2.24) is 0 Å². The van der Waals surface area contributed by atoms with Crippen molar-refractivity contribution in [3.8, 4) is 0 Å². The number of rotatable bonds is 6. The van der Waals surface area contributed by atoms with E-state index in [0.717, 1.165) is 12.0 Å². The molecule has 5 rings (SSSR count). The molecule has 1 aliphatic rings. The highest BCUT2D eigenvalue weighted by Crippen LogP contribution is 2.38. The zero-order chi connectivity index (χ0) is 26.2.